The standard InChI is InChI=1S/C10H11NO3.C7H7NO2.C3H5ClO/c1-2-9(12)11-8-6-4-3-5-7(8)10(13)14;8-6-4-2-1-3-5(6)7(9)10;1-2-3(4)5/h3-6H,2H2,1H3,(H,11,12)(H,13,14);1-4H,8H2,(H,9,10);2H2,1H3. The summed E-state index contributed by atoms with van der Waals surface area (Å²) < 4.78 is 0. The fraction of sp³-hybridized carbons (Fsp3) is 0.200. The summed E-state index contributed by atoms with van der Waals surface area (Å²) in [5.74, 6) is -2.23. The normalized spacial score (nSPS) is 9.07. The molecular formula is C20H23ClN2O6. The minimum absolute atomic E-state index is 0.106. The number of hydrogen-bond acceptors (Lipinski definition) is 5. The molecule has 0 atom stereocenters. The maximum absolute atomic E-state index is 11.1. The van der Waals surface area contributed by atoms with Gasteiger partial charge in [-0.2, -0.15) is 0 Å². The van der Waals surface area contributed by atoms with Crippen molar-refractivity contribution in [2.24, 2.45) is 0 Å². The summed E-state index contributed by atoms with van der Waals surface area (Å²) in [7, 11) is 0. The summed E-state index contributed by atoms with van der Waals surface area (Å²) in [5, 5.41) is 19.5. The van der Waals surface area contributed by atoms with Gasteiger partial charge in [0, 0.05) is 18.5 Å². The smallest absolute Gasteiger partial charge is 0.337 e. The molecule has 0 spiro atoms. The molecule has 0 saturated carbocycles. The lowest BCUT2D eigenvalue weighted by Crippen LogP contribution is -2.12. The summed E-state index contributed by atoms with van der Waals surface area (Å²) in [5.41, 5.74) is 6.24. The van der Waals surface area contributed by atoms with Gasteiger partial charge in [0.05, 0.1) is 16.8 Å². The molecule has 5 N–H and O–H groups in total. The molecule has 8 nitrogen and oxygen atoms in total. The van der Waals surface area contributed by atoms with Crippen LogP contribution in [0.3, 0.4) is 0 Å². The molecule has 1 amide bonds. The van der Waals surface area contributed by atoms with E-state index in [9.17, 15) is 19.2 Å². The molecule has 0 aliphatic heterocycles. The fourth-order valence-corrected chi connectivity index (χ4v) is 1.71. The van der Waals surface area contributed by atoms with Gasteiger partial charge in [0.25, 0.3) is 0 Å². The first-order chi connectivity index (χ1) is 13.6. The highest BCUT2D eigenvalue weighted by Gasteiger charge is 2.10. The molecule has 156 valence electrons. The number of nitrogens with one attached hydrogen (secondary N) is 1. The minimum atomic E-state index is -1.04. The molecular weight excluding hydrogens is 400 g/mol. The first kappa shape index (κ1) is 25.6. The number of carbonyl (C=O) groups excluding carboxylic acids is 2. The Labute approximate surface area is 173 Å². The number of nitrogens with two attached hydrogens (primary N) is 1. The van der Waals surface area contributed by atoms with E-state index in [1.165, 1.54) is 12.1 Å². The van der Waals surface area contributed by atoms with Crippen LogP contribution in [0, 0.1) is 0 Å². The van der Waals surface area contributed by atoms with E-state index in [0.717, 1.165) is 0 Å². The highest BCUT2D eigenvalue weighted by molar-refractivity contribution is 6.63. The van der Waals surface area contributed by atoms with Crippen LogP contribution in [0.25, 0.3) is 0 Å². The van der Waals surface area contributed by atoms with Crippen molar-refractivity contribution >= 4 is 46.1 Å². The maximum Gasteiger partial charge on any atom is 0.337 e. The zero-order valence-electron chi connectivity index (χ0n) is 16.0. The predicted octanol–water partition coefficient (Wildman–Crippen LogP) is 3.86. The number of amides is 1. The van der Waals surface area contributed by atoms with Crippen molar-refractivity contribution in [3.63, 3.8) is 0 Å². The highest BCUT2D eigenvalue weighted by atomic mass is 35.5. The predicted molar refractivity (Wildman–Crippen MR) is 111 cm³/mol. The molecule has 2 aromatic rings. The van der Waals surface area contributed by atoms with E-state index < -0.39 is 11.9 Å². The van der Waals surface area contributed by atoms with Crippen LogP contribution in [0.15, 0.2) is 48.5 Å². The Morgan fingerprint density at radius 3 is 1.69 bits per heavy atom. The lowest BCUT2D eigenvalue weighted by atomic mass is 10.2. The molecule has 0 radical (unpaired) electrons. The quantitative estimate of drug-likeness (QED) is 0.422. The van der Waals surface area contributed by atoms with Gasteiger partial charge >= 0.3 is 11.9 Å². The summed E-state index contributed by atoms with van der Waals surface area (Å²) in [6, 6.07) is 12.7. The summed E-state index contributed by atoms with van der Waals surface area (Å²) >= 11 is 4.82. The van der Waals surface area contributed by atoms with Crippen LogP contribution in [0.2, 0.25) is 0 Å². The number of rotatable bonds is 5. The Kier molecular flexibility index (Phi) is 12.1. The van der Waals surface area contributed by atoms with E-state index in [1.54, 1.807) is 50.2 Å². The Morgan fingerprint density at radius 2 is 1.31 bits per heavy atom. The summed E-state index contributed by atoms with van der Waals surface area (Å²) in [4.78, 5) is 41.7. The third-order valence-corrected chi connectivity index (χ3v) is 3.49. The monoisotopic (exact) mass is 422 g/mol. The lowest BCUT2D eigenvalue weighted by Gasteiger charge is -2.06. The van der Waals surface area contributed by atoms with Gasteiger partial charge in [0.1, 0.15) is 0 Å². The number of anilines is 2. The Balaban J connectivity index is 0.000000455. The van der Waals surface area contributed by atoms with Crippen molar-refractivity contribution in [1.82, 2.24) is 0 Å². The van der Waals surface area contributed by atoms with Crippen molar-refractivity contribution in [3.05, 3.63) is 59.7 Å². The van der Waals surface area contributed by atoms with Crippen LogP contribution in [-0.2, 0) is 9.59 Å². The van der Waals surface area contributed by atoms with E-state index in [2.05, 4.69) is 5.32 Å². The molecule has 0 saturated heterocycles. The molecule has 0 aliphatic carbocycles. The van der Waals surface area contributed by atoms with Crippen LogP contribution in [0.5, 0.6) is 0 Å². The molecule has 0 heterocycles. The lowest BCUT2D eigenvalue weighted by molar-refractivity contribution is -0.116. The SMILES string of the molecule is CCC(=O)Cl.CCC(=O)Nc1ccccc1C(=O)O.Nc1ccccc1C(=O)O. The molecule has 9 heteroatoms. The first-order valence-electron chi connectivity index (χ1n) is 8.52. The third-order valence-electron chi connectivity index (χ3n) is 3.22. The number of halogens is 1. The second kappa shape index (κ2) is 13.7. The van der Waals surface area contributed by atoms with Crippen molar-refractivity contribution in [2.75, 3.05) is 11.1 Å². The van der Waals surface area contributed by atoms with Gasteiger partial charge in [-0.15, -0.1) is 0 Å². The number of hydrogen-bond donors (Lipinski definition) is 4. The van der Waals surface area contributed by atoms with E-state index in [-0.39, 0.29) is 22.3 Å². The van der Waals surface area contributed by atoms with Crippen LogP contribution < -0.4 is 11.1 Å². The molecule has 0 aromatic heterocycles. The van der Waals surface area contributed by atoms with E-state index >= 15 is 0 Å². The van der Waals surface area contributed by atoms with Crippen molar-refractivity contribution in [1.29, 1.82) is 0 Å². The zero-order valence-corrected chi connectivity index (χ0v) is 16.8. The number of carboxylic acids is 2. The second-order valence-corrected chi connectivity index (χ2v) is 5.78. The molecule has 29 heavy (non-hydrogen) atoms. The maximum atomic E-state index is 11.1. The number of para-hydroxylation sites is 2. The van der Waals surface area contributed by atoms with Gasteiger partial charge in [-0.25, -0.2) is 9.59 Å². The number of benzene rings is 2. The molecule has 0 unspecified atom stereocenters. The van der Waals surface area contributed by atoms with Crippen molar-refractivity contribution in [3.8, 4) is 0 Å². The van der Waals surface area contributed by atoms with Crippen LogP contribution in [-0.4, -0.2) is 33.3 Å². The van der Waals surface area contributed by atoms with Crippen molar-refractivity contribution in [2.45, 2.75) is 26.7 Å². The average molecular weight is 423 g/mol. The second-order valence-electron chi connectivity index (χ2n) is 5.35. The highest BCUT2D eigenvalue weighted by Crippen LogP contribution is 2.14. The number of nitrogen functional groups attached to an aromatic ring is 1. The zero-order chi connectivity index (χ0) is 22.4. The molecule has 0 fully saturated rings. The number of carbonyl (C=O) groups is 4. The molecule has 2 aromatic carbocycles. The first-order valence-corrected chi connectivity index (χ1v) is 8.90. The van der Waals surface area contributed by atoms with Gasteiger partial charge < -0.3 is 21.3 Å². The van der Waals surface area contributed by atoms with Gasteiger partial charge in [0.2, 0.25) is 11.1 Å². The van der Waals surface area contributed by atoms with E-state index in [0.29, 0.717) is 24.2 Å². The third kappa shape index (κ3) is 10.5. The minimum Gasteiger partial charge on any atom is -0.478 e. The van der Waals surface area contributed by atoms with E-state index in [4.69, 9.17) is 27.5 Å². The van der Waals surface area contributed by atoms with E-state index in [1.807, 2.05) is 0 Å². The number of carboxylic acid groups (broad SMARTS) is 2. The molecule has 0 bridgehead atoms. The van der Waals surface area contributed by atoms with Crippen LogP contribution >= 0.6 is 11.6 Å². The van der Waals surface area contributed by atoms with Crippen molar-refractivity contribution < 1.29 is 29.4 Å². The van der Waals surface area contributed by atoms with Crippen LogP contribution in [0.4, 0.5) is 11.4 Å². The van der Waals surface area contributed by atoms with Gasteiger partial charge in [-0.3, -0.25) is 9.59 Å². The Hall–Kier alpha value is -3.39. The largest absolute Gasteiger partial charge is 0.478 e. The summed E-state index contributed by atoms with van der Waals surface area (Å²) in [6.45, 7) is 3.42. The molecule has 2 rings (SSSR count). The van der Waals surface area contributed by atoms with Gasteiger partial charge in [-0.1, -0.05) is 38.1 Å². The van der Waals surface area contributed by atoms with Gasteiger partial charge in [0.15, 0.2) is 0 Å². The van der Waals surface area contributed by atoms with Gasteiger partial charge in [-0.05, 0) is 35.9 Å². The summed E-state index contributed by atoms with van der Waals surface area (Å²) in [6.07, 6.45) is 0.759. The fourth-order valence-electron chi connectivity index (χ4n) is 1.71. The Morgan fingerprint density at radius 1 is 0.862 bits per heavy atom. The molecule has 0 aliphatic rings. The average Bonchev–Trinajstić information content (AvgIpc) is 2.69. The Bertz CT molecular complexity index is 854. The van der Waals surface area contributed by atoms with Crippen LogP contribution in [0.1, 0.15) is 47.4 Å². The number of aromatic carboxylic acids is 2. The topological polar surface area (TPSA) is 147 Å².